The van der Waals surface area contributed by atoms with E-state index in [4.69, 9.17) is 14.2 Å². The van der Waals surface area contributed by atoms with E-state index < -0.39 is 13.7 Å². The van der Waals surface area contributed by atoms with Crippen molar-refractivity contribution in [2.24, 2.45) is 0 Å². The molecule has 0 radical (unpaired) electrons. The van der Waals surface area contributed by atoms with E-state index in [9.17, 15) is 9.67 Å². The van der Waals surface area contributed by atoms with Crippen molar-refractivity contribution in [2.45, 2.75) is 32.3 Å². The minimum absolute atomic E-state index is 0. The molecule has 2 aromatic carbocycles. The largest absolute Gasteiger partial charge is 0.747 e. The van der Waals surface area contributed by atoms with E-state index in [1.165, 1.54) is 0 Å². The predicted octanol–water partition coefficient (Wildman–Crippen LogP) is 2.81. The minimum Gasteiger partial charge on any atom is -0.504 e. The molecule has 0 saturated heterocycles. The highest BCUT2D eigenvalue weighted by Gasteiger charge is 2.44. The van der Waals surface area contributed by atoms with Crippen LogP contribution < -0.4 is 9.26 Å². The van der Waals surface area contributed by atoms with Crippen LogP contribution in [0.15, 0.2) is 24.3 Å². The SMILES string of the molecule is CC1Oc2c(c(O)c(O[P+](=O)O)c3ccccc23)C1(C)C.O. The molecule has 4 N–H and O–H groups in total. The third-order valence-corrected chi connectivity index (χ3v) is 4.56. The second kappa shape index (κ2) is 5.39. The Bertz CT molecular complexity index is 755. The van der Waals surface area contributed by atoms with Crippen LogP contribution in [0, 0.1) is 0 Å². The highest BCUT2D eigenvalue weighted by atomic mass is 31.1. The Kier molecular flexibility index (Phi) is 4.04. The van der Waals surface area contributed by atoms with Crippen molar-refractivity contribution in [1.82, 2.24) is 0 Å². The number of aromatic hydroxyl groups is 1. The van der Waals surface area contributed by atoms with Gasteiger partial charge in [0.15, 0.2) is 5.75 Å². The molecule has 3 rings (SSSR count). The average molecular weight is 325 g/mol. The molecule has 0 spiro atoms. The van der Waals surface area contributed by atoms with Gasteiger partial charge >= 0.3 is 8.25 Å². The number of hydrogen-bond acceptors (Lipinski definition) is 4. The van der Waals surface area contributed by atoms with Crippen LogP contribution in [0.3, 0.4) is 0 Å². The van der Waals surface area contributed by atoms with Crippen LogP contribution in [-0.4, -0.2) is 21.6 Å². The van der Waals surface area contributed by atoms with Gasteiger partial charge in [0.1, 0.15) is 11.9 Å². The van der Waals surface area contributed by atoms with Crippen molar-refractivity contribution in [3.05, 3.63) is 29.8 Å². The molecule has 2 atom stereocenters. The van der Waals surface area contributed by atoms with Crippen LogP contribution in [0.4, 0.5) is 0 Å². The van der Waals surface area contributed by atoms with E-state index in [1.807, 2.05) is 32.9 Å². The normalized spacial score (nSPS) is 19.1. The van der Waals surface area contributed by atoms with Gasteiger partial charge in [-0.3, -0.25) is 0 Å². The van der Waals surface area contributed by atoms with Crippen LogP contribution in [0.5, 0.6) is 17.2 Å². The van der Waals surface area contributed by atoms with Crippen molar-refractivity contribution in [1.29, 1.82) is 0 Å². The number of ether oxygens (including phenoxy) is 1. The van der Waals surface area contributed by atoms with Crippen molar-refractivity contribution in [2.75, 3.05) is 0 Å². The first kappa shape index (κ1) is 16.5. The Labute approximate surface area is 128 Å². The molecule has 1 aliphatic rings. The molecule has 0 fully saturated rings. The first-order valence-corrected chi connectivity index (χ1v) is 7.76. The number of phenols is 1. The molecule has 0 saturated carbocycles. The van der Waals surface area contributed by atoms with E-state index in [-0.39, 0.29) is 23.1 Å². The Morgan fingerprint density at radius 3 is 2.45 bits per heavy atom. The standard InChI is InChI=1S/C15H15O5P.H2O/c1-8-15(2,3)11-12(16)14(20-21(17)18)10-7-5-4-6-9(10)13(11)19-8;/h4-8H,1-3H3,(H-,16,17,18);1H2/p+1. The van der Waals surface area contributed by atoms with Gasteiger partial charge in [-0.05, 0) is 6.92 Å². The molecular formula is C15H18O6P+. The summed E-state index contributed by atoms with van der Waals surface area (Å²) in [5.41, 5.74) is 0.184. The smallest absolute Gasteiger partial charge is 0.504 e. The van der Waals surface area contributed by atoms with Gasteiger partial charge in [0.25, 0.3) is 0 Å². The summed E-state index contributed by atoms with van der Waals surface area (Å²) in [5, 5.41) is 11.9. The summed E-state index contributed by atoms with van der Waals surface area (Å²) in [5.74, 6) is 0.510. The molecule has 0 aliphatic carbocycles. The van der Waals surface area contributed by atoms with Gasteiger partial charge in [0.05, 0.1) is 0 Å². The van der Waals surface area contributed by atoms with E-state index in [0.29, 0.717) is 16.7 Å². The maximum atomic E-state index is 11.1. The van der Waals surface area contributed by atoms with E-state index in [2.05, 4.69) is 0 Å². The van der Waals surface area contributed by atoms with E-state index in [0.717, 1.165) is 5.39 Å². The molecule has 118 valence electrons. The number of rotatable bonds is 2. The Morgan fingerprint density at radius 2 is 1.86 bits per heavy atom. The quantitative estimate of drug-likeness (QED) is 0.826. The van der Waals surface area contributed by atoms with Crippen molar-refractivity contribution in [3.63, 3.8) is 0 Å². The van der Waals surface area contributed by atoms with Crippen molar-refractivity contribution in [3.8, 4) is 17.2 Å². The Balaban J connectivity index is 0.00000176. The van der Waals surface area contributed by atoms with Crippen molar-refractivity contribution >= 4 is 19.0 Å². The average Bonchev–Trinajstić information content (AvgIpc) is 2.65. The zero-order valence-electron chi connectivity index (χ0n) is 12.5. The van der Waals surface area contributed by atoms with Gasteiger partial charge in [-0.2, -0.15) is 0 Å². The van der Waals surface area contributed by atoms with Gasteiger partial charge in [-0.15, -0.1) is 4.89 Å². The summed E-state index contributed by atoms with van der Waals surface area (Å²) >= 11 is 0. The van der Waals surface area contributed by atoms with E-state index >= 15 is 0 Å². The molecule has 22 heavy (non-hydrogen) atoms. The number of benzene rings is 2. The van der Waals surface area contributed by atoms with Crippen LogP contribution in [0.2, 0.25) is 0 Å². The molecule has 0 bridgehead atoms. The highest BCUT2D eigenvalue weighted by molar-refractivity contribution is 7.32. The van der Waals surface area contributed by atoms with Gasteiger partial charge in [-0.25, -0.2) is 4.52 Å². The molecule has 1 heterocycles. The lowest BCUT2D eigenvalue weighted by molar-refractivity contribution is 0.186. The summed E-state index contributed by atoms with van der Waals surface area (Å²) in [6.45, 7) is 5.85. The number of phenolic OH excluding ortho intramolecular Hbond substituents is 1. The zero-order chi connectivity index (χ0) is 15.4. The topological polar surface area (TPSA) is 107 Å². The number of fused-ring (bicyclic) bond motifs is 3. The molecule has 2 aromatic rings. The molecule has 6 nitrogen and oxygen atoms in total. The second-order valence-corrected chi connectivity index (χ2v) is 6.40. The fourth-order valence-electron chi connectivity index (χ4n) is 2.78. The molecular weight excluding hydrogens is 307 g/mol. The fraction of sp³-hybridized carbons (Fsp3) is 0.333. The molecule has 0 amide bonds. The minimum atomic E-state index is -2.87. The van der Waals surface area contributed by atoms with Gasteiger partial charge in [0.2, 0.25) is 5.75 Å². The van der Waals surface area contributed by atoms with Gasteiger partial charge < -0.3 is 15.3 Å². The van der Waals surface area contributed by atoms with Crippen molar-refractivity contribution < 1.29 is 29.3 Å². The highest BCUT2D eigenvalue weighted by Crippen LogP contribution is 2.56. The molecule has 0 aromatic heterocycles. The summed E-state index contributed by atoms with van der Waals surface area (Å²) in [6, 6.07) is 7.19. The van der Waals surface area contributed by atoms with Crippen LogP contribution >= 0.6 is 8.25 Å². The zero-order valence-corrected chi connectivity index (χ0v) is 13.3. The second-order valence-electron chi connectivity index (χ2n) is 5.74. The summed E-state index contributed by atoms with van der Waals surface area (Å²) in [4.78, 5) is 9.07. The van der Waals surface area contributed by atoms with Crippen LogP contribution in [0.25, 0.3) is 10.8 Å². The first-order chi connectivity index (χ1) is 9.84. The summed E-state index contributed by atoms with van der Waals surface area (Å²) in [7, 11) is -2.87. The molecule has 2 unspecified atom stereocenters. The summed E-state index contributed by atoms with van der Waals surface area (Å²) < 4.78 is 22.0. The maximum Gasteiger partial charge on any atom is 0.747 e. The third-order valence-electron chi connectivity index (χ3n) is 4.22. The lowest BCUT2D eigenvalue weighted by Gasteiger charge is -2.22. The van der Waals surface area contributed by atoms with E-state index in [1.54, 1.807) is 12.1 Å². The molecule has 1 aliphatic heterocycles. The fourth-order valence-corrected chi connectivity index (χ4v) is 3.12. The summed E-state index contributed by atoms with van der Waals surface area (Å²) in [6.07, 6.45) is -0.125. The molecule has 7 heteroatoms. The lowest BCUT2D eigenvalue weighted by atomic mass is 9.80. The lowest BCUT2D eigenvalue weighted by Crippen LogP contribution is -2.28. The third kappa shape index (κ3) is 2.20. The Hall–Kier alpha value is -1.88. The van der Waals surface area contributed by atoms with Gasteiger partial charge in [0, 0.05) is 26.3 Å². The maximum absolute atomic E-state index is 11.1. The van der Waals surface area contributed by atoms with Gasteiger partial charge in [-0.1, -0.05) is 38.1 Å². The first-order valence-electron chi connectivity index (χ1n) is 6.63. The monoisotopic (exact) mass is 325 g/mol. The van der Waals surface area contributed by atoms with Crippen LogP contribution in [-0.2, 0) is 9.98 Å². The number of hydrogen-bond donors (Lipinski definition) is 2. The Morgan fingerprint density at radius 1 is 1.27 bits per heavy atom. The predicted molar refractivity (Wildman–Crippen MR) is 82.8 cm³/mol. The van der Waals surface area contributed by atoms with Crippen LogP contribution in [0.1, 0.15) is 26.3 Å².